The fourth-order valence-electron chi connectivity index (χ4n) is 6.66. The molecule has 42 heavy (non-hydrogen) atoms. The summed E-state index contributed by atoms with van der Waals surface area (Å²) in [7, 11) is 0. The van der Waals surface area contributed by atoms with Gasteiger partial charge >= 0.3 is 0 Å². The van der Waals surface area contributed by atoms with Crippen molar-refractivity contribution in [2.24, 2.45) is 4.99 Å². The number of nitrogens with zero attached hydrogens (tertiary/aromatic N) is 2. The second-order valence-corrected chi connectivity index (χ2v) is 11.7. The Hall–Kier alpha value is -5.19. The van der Waals surface area contributed by atoms with Crippen LogP contribution in [0.3, 0.4) is 0 Å². The van der Waals surface area contributed by atoms with Gasteiger partial charge in [-0.1, -0.05) is 115 Å². The lowest BCUT2D eigenvalue weighted by atomic mass is 9.96. The van der Waals surface area contributed by atoms with Gasteiger partial charge in [0, 0.05) is 26.6 Å². The van der Waals surface area contributed by atoms with Crippen LogP contribution in [0, 0.1) is 0 Å². The minimum atomic E-state index is -0.345. The predicted octanol–water partition coefficient (Wildman–Crippen LogP) is 9.91. The first-order valence-corrected chi connectivity index (χ1v) is 15.1. The molecule has 9 rings (SSSR count). The molecule has 0 amide bonds. The van der Waals surface area contributed by atoms with E-state index in [0.29, 0.717) is 0 Å². The van der Waals surface area contributed by atoms with E-state index in [2.05, 4.69) is 149 Å². The molecule has 1 atom stereocenters. The third-order valence-corrected chi connectivity index (χ3v) is 9.43. The van der Waals surface area contributed by atoms with Gasteiger partial charge in [-0.15, -0.1) is 11.3 Å². The van der Waals surface area contributed by atoms with Crippen LogP contribution in [0.2, 0.25) is 0 Å². The molecule has 0 saturated heterocycles. The standard InChI is InChI=1S/C38H25N3S/c1-3-11-24(12-4-1)31-23-32(25-13-5-2-6-14-25)40-38(39-31)41-33-20-19-26-21-22-42-37(26)35(33)34-29-17-9-7-15-27(29)28-16-8-10-18-30(28)36(34)41/h1-23,38-39H. The first-order chi connectivity index (χ1) is 20.8. The van der Waals surface area contributed by atoms with Gasteiger partial charge in [0.1, 0.15) is 0 Å². The summed E-state index contributed by atoms with van der Waals surface area (Å²) in [5, 5.41) is 15.0. The van der Waals surface area contributed by atoms with Crippen molar-refractivity contribution in [1.82, 2.24) is 9.88 Å². The Kier molecular flexibility index (Phi) is 5.13. The summed E-state index contributed by atoms with van der Waals surface area (Å²) in [4.78, 5) is 5.42. The molecule has 0 spiro atoms. The molecule has 1 aliphatic rings. The zero-order valence-electron chi connectivity index (χ0n) is 22.7. The molecule has 8 aromatic rings. The molecule has 1 N–H and O–H groups in total. The number of aromatic nitrogens is 1. The fraction of sp³-hybridized carbons (Fsp3) is 0.0263. The molecule has 198 valence electrons. The summed E-state index contributed by atoms with van der Waals surface area (Å²) < 4.78 is 3.76. The number of hydrogen-bond donors (Lipinski definition) is 1. The Labute approximate surface area is 246 Å². The normalized spacial score (nSPS) is 15.4. The average Bonchev–Trinajstić information content (AvgIpc) is 3.69. The van der Waals surface area contributed by atoms with Crippen LogP contribution < -0.4 is 5.32 Å². The van der Waals surface area contributed by atoms with Crippen molar-refractivity contribution < 1.29 is 0 Å². The van der Waals surface area contributed by atoms with Crippen LogP contribution in [0.15, 0.2) is 144 Å². The molecule has 1 aliphatic heterocycles. The number of nitrogens with one attached hydrogen (secondary N) is 1. The van der Waals surface area contributed by atoms with Crippen LogP contribution in [-0.4, -0.2) is 10.3 Å². The quantitative estimate of drug-likeness (QED) is 0.216. The molecule has 6 aromatic carbocycles. The van der Waals surface area contributed by atoms with Crippen LogP contribution >= 0.6 is 11.3 Å². The summed E-state index contributed by atoms with van der Waals surface area (Å²) in [5.74, 6) is 0. The Morgan fingerprint density at radius 2 is 1.24 bits per heavy atom. The summed E-state index contributed by atoms with van der Waals surface area (Å²) in [6.45, 7) is 0. The van der Waals surface area contributed by atoms with E-state index in [4.69, 9.17) is 4.99 Å². The molecule has 0 radical (unpaired) electrons. The molecule has 0 aliphatic carbocycles. The number of benzene rings is 6. The predicted molar refractivity (Wildman–Crippen MR) is 179 cm³/mol. The van der Waals surface area contributed by atoms with Crippen molar-refractivity contribution in [2.75, 3.05) is 0 Å². The maximum Gasteiger partial charge on any atom is 0.201 e. The maximum absolute atomic E-state index is 5.42. The third-order valence-electron chi connectivity index (χ3n) is 8.48. The first kappa shape index (κ1) is 23.5. The van der Waals surface area contributed by atoms with E-state index in [1.54, 1.807) is 0 Å². The summed E-state index contributed by atoms with van der Waals surface area (Å²) >= 11 is 1.82. The van der Waals surface area contributed by atoms with Gasteiger partial charge in [0.05, 0.1) is 16.7 Å². The Balaban J connectivity index is 1.44. The fourth-order valence-corrected chi connectivity index (χ4v) is 7.60. The van der Waals surface area contributed by atoms with Crippen LogP contribution in [0.25, 0.3) is 59.1 Å². The van der Waals surface area contributed by atoms with E-state index in [9.17, 15) is 0 Å². The lowest BCUT2D eigenvalue weighted by Gasteiger charge is -2.27. The second-order valence-electron chi connectivity index (χ2n) is 10.8. The van der Waals surface area contributed by atoms with Crippen LogP contribution in [-0.2, 0) is 0 Å². The Morgan fingerprint density at radius 1 is 0.595 bits per heavy atom. The molecule has 3 nitrogen and oxygen atoms in total. The van der Waals surface area contributed by atoms with E-state index >= 15 is 0 Å². The van der Waals surface area contributed by atoms with E-state index in [0.717, 1.165) is 22.5 Å². The molecule has 2 aromatic heterocycles. The lowest BCUT2D eigenvalue weighted by Crippen LogP contribution is -2.29. The Morgan fingerprint density at radius 3 is 2.00 bits per heavy atom. The first-order valence-electron chi connectivity index (χ1n) is 14.3. The molecule has 3 heterocycles. The largest absolute Gasteiger partial charge is 0.346 e. The van der Waals surface area contributed by atoms with Gasteiger partial charge in [0.15, 0.2) is 0 Å². The van der Waals surface area contributed by atoms with Crippen LogP contribution in [0.1, 0.15) is 17.4 Å². The van der Waals surface area contributed by atoms with E-state index in [1.807, 2.05) is 11.3 Å². The SMILES string of the molecule is C1=C(c2ccccc2)NC(n2c3ccc4ccsc4c3c3c4ccccc4c4ccccc4c32)N=C1c1ccccc1. The lowest BCUT2D eigenvalue weighted by molar-refractivity contribution is 0.509. The number of rotatable bonds is 3. The highest BCUT2D eigenvalue weighted by molar-refractivity contribution is 7.18. The molecular formula is C38H25N3S. The zero-order valence-corrected chi connectivity index (χ0v) is 23.5. The highest BCUT2D eigenvalue weighted by Crippen LogP contribution is 2.46. The van der Waals surface area contributed by atoms with Crippen molar-refractivity contribution in [3.8, 4) is 0 Å². The van der Waals surface area contributed by atoms with E-state index in [-0.39, 0.29) is 6.29 Å². The van der Waals surface area contributed by atoms with Gasteiger partial charge in [0.2, 0.25) is 6.29 Å². The highest BCUT2D eigenvalue weighted by Gasteiger charge is 2.26. The van der Waals surface area contributed by atoms with Crippen molar-refractivity contribution >= 4 is 76.2 Å². The molecule has 0 fully saturated rings. The van der Waals surface area contributed by atoms with Crippen molar-refractivity contribution in [2.45, 2.75) is 6.29 Å². The minimum absolute atomic E-state index is 0.345. The summed E-state index contributed by atoms with van der Waals surface area (Å²) in [5.41, 5.74) is 6.67. The van der Waals surface area contributed by atoms with Crippen LogP contribution in [0.4, 0.5) is 0 Å². The molecule has 1 unspecified atom stereocenters. The average molecular weight is 556 g/mol. The van der Waals surface area contributed by atoms with Crippen LogP contribution in [0.5, 0.6) is 0 Å². The zero-order chi connectivity index (χ0) is 27.6. The maximum atomic E-state index is 5.42. The molecule has 4 heteroatoms. The smallest absolute Gasteiger partial charge is 0.201 e. The van der Waals surface area contributed by atoms with Gasteiger partial charge < -0.3 is 9.88 Å². The van der Waals surface area contributed by atoms with E-state index < -0.39 is 0 Å². The van der Waals surface area contributed by atoms with Gasteiger partial charge in [0.25, 0.3) is 0 Å². The minimum Gasteiger partial charge on any atom is -0.346 e. The summed E-state index contributed by atoms with van der Waals surface area (Å²) in [6, 6.07) is 45.5. The number of thiophene rings is 1. The number of fused-ring (bicyclic) bond motifs is 10. The second kappa shape index (κ2) is 9.16. The molecular weight excluding hydrogens is 531 g/mol. The van der Waals surface area contributed by atoms with Crippen molar-refractivity contribution in [1.29, 1.82) is 0 Å². The van der Waals surface area contributed by atoms with Gasteiger partial charge in [-0.2, -0.15) is 0 Å². The Bertz CT molecular complexity index is 2380. The van der Waals surface area contributed by atoms with Crippen molar-refractivity contribution in [3.63, 3.8) is 0 Å². The van der Waals surface area contributed by atoms with Crippen molar-refractivity contribution in [3.05, 3.63) is 150 Å². The monoisotopic (exact) mass is 555 g/mol. The van der Waals surface area contributed by atoms with Gasteiger partial charge in [-0.05, 0) is 56.3 Å². The highest BCUT2D eigenvalue weighted by atomic mass is 32.1. The third kappa shape index (κ3) is 3.42. The number of aliphatic imine (C=N–C) groups is 1. The molecule has 0 saturated carbocycles. The topological polar surface area (TPSA) is 29.3 Å². The molecule has 0 bridgehead atoms. The summed E-state index contributed by atoms with van der Waals surface area (Å²) in [6.07, 6.45) is 1.84. The number of hydrogen-bond acceptors (Lipinski definition) is 3. The van der Waals surface area contributed by atoms with Gasteiger partial charge in [-0.3, -0.25) is 0 Å². The van der Waals surface area contributed by atoms with Gasteiger partial charge in [-0.25, -0.2) is 4.99 Å². The van der Waals surface area contributed by atoms with E-state index in [1.165, 1.54) is 53.4 Å². The number of allylic oxidation sites excluding steroid dienone is 1.